The Kier molecular flexibility index (Phi) is 11.4. The van der Waals surface area contributed by atoms with Gasteiger partial charge in [0.2, 0.25) is 0 Å². The van der Waals surface area contributed by atoms with E-state index in [9.17, 15) is 0 Å². The summed E-state index contributed by atoms with van der Waals surface area (Å²) < 4.78 is 16.7. The van der Waals surface area contributed by atoms with E-state index in [2.05, 4.69) is 65.0 Å². The zero-order valence-corrected chi connectivity index (χ0v) is 18.4. The summed E-state index contributed by atoms with van der Waals surface area (Å²) in [5.74, 6) is 1.64. The molecular formula is C24H35N3O3. The zero-order valence-electron chi connectivity index (χ0n) is 18.4. The van der Waals surface area contributed by atoms with Crippen molar-refractivity contribution in [2.24, 2.45) is 4.99 Å². The number of methoxy groups -OCH3 is 1. The Morgan fingerprint density at radius 1 is 0.967 bits per heavy atom. The van der Waals surface area contributed by atoms with Gasteiger partial charge in [0.15, 0.2) is 5.96 Å². The molecule has 2 aromatic rings. The number of benzene rings is 2. The maximum Gasteiger partial charge on any atom is 0.191 e. The number of aliphatic imine (C=N–C) groups is 1. The smallest absolute Gasteiger partial charge is 0.191 e. The zero-order chi connectivity index (χ0) is 21.4. The van der Waals surface area contributed by atoms with Gasteiger partial charge in [0, 0.05) is 39.4 Å². The van der Waals surface area contributed by atoms with Crippen molar-refractivity contribution in [3.8, 4) is 5.75 Å². The summed E-state index contributed by atoms with van der Waals surface area (Å²) in [4.78, 5) is 4.29. The molecule has 0 saturated carbocycles. The molecule has 164 valence electrons. The minimum Gasteiger partial charge on any atom is -0.491 e. The van der Waals surface area contributed by atoms with Crippen LogP contribution in [-0.2, 0) is 22.4 Å². The van der Waals surface area contributed by atoms with Crippen LogP contribution < -0.4 is 15.4 Å². The van der Waals surface area contributed by atoms with Gasteiger partial charge in [-0.05, 0) is 37.0 Å². The van der Waals surface area contributed by atoms with Crippen molar-refractivity contribution in [1.29, 1.82) is 0 Å². The first-order chi connectivity index (χ1) is 14.7. The molecule has 0 amide bonds. The highest BCUT2D eigenvalue weighted by atomic mass is 16.5. The average molecular weight is 414 g/mol. The molecule has 2 N–H and O–H groups in total. The summed E-state index contributed by atoms with van der Waals surface area (Å²) in [6, 6.07) is 16.6. The lowest BCUT2D eigenvalue weighted by molar-refractivity contribution is 0.135. The van der Waals surface area contributed by atoms with Crippen LogP contribution in [0.5, 0.6) is 5.75 Å². The molecule has 0 aliphatic carbocycles. The Morgan fingerprint density at radius 2 is 1.80 bits per heavy atom. The number of rotatable bonds is 13. The molecule has 0 bridgehead atoms. The largest absolute Gasteiger partial charge is 0.491 e. The van der Waals surface area contributed by atoms with Crippen LogP contribution in [-0.4, -0.2) is 53.1 Å². The van der Waals surface area contributed by atoms with Gasteiger partial charge in [0.25, 0.3) is 0 Å². The Hall–Kier alpha value is -2.57. The summed E-state index contributed by atoms with van der Waals surface area (Å²) in [6.45, 7) is 6.07. The van der Waals surface area contributed by atoms with Gasteiger partial charge in [-0.3, -0.25) is 4.99 Å². The normalized spacial score (nSPS) is 11.4. The van der Waals surface area contributed by atoms with E-state index >= 15 is 0 Å². The van der Waals surface area contributed by atoms with Crippen LogP contribution in [0, 0.1) is 6.92 Å². The molecule has 0 radical (unpaired) electrons. The van der Waals surface area contributed by atoms with Gasteiger partial charge in [-0.15, -0.1) is 0 Å². The fourth-order valence-electron chi connectivity index (χ4n) is 2.89. The second kappa shape index (κ2) is 14.4. The molecule has 2 aromatic carbocycles. The van der Waals surface area contributed by atoms with E-state index < -0.39 is 0 Å². The van der Waals surface area contributed by atoms with Crippen molar-refractivity contribution < 1.29 is 14.2 Å². The Morgan fingerprint density at radius 3 is 2.57 bits per heavy atom. The van der Waals surface area contributed by atoms with Gasteiger partial charge >= 0.3 is 0 Å². The summed E-state index contributed by atoms with van der Waals surface area (Å²) in [7, 11) is 3.45. The first kappa shape index (κ1) is 23.7. The fraction of sp³-hybridized carbons (Fsp3) is 0.458. The molecular weight excluding hydrogens is 378 g/mol. The maximum absolute atomic E-state index is 5.85. The Labute approximate surface area is 180 Å². The molecule has 0 aliphatic heterocycles. The number of nitrogens with zero attached hydrogens (tertiary/aromatic N) is 1. The molecule has 0 spiro atoms. The molecule has 0 aromatic heterocycles. The molecule has 0 fully saturated rings. The molecule has 2 rings (SSSR count). The number of aryl methyl sites for hydroxylation is 1. The number of ether oxygens (including phenoxy) is 3. The molecule has 0 atom stereocenters. The topological polar surface area (TPSA) is 64.1 Å². The highest BCUT2D eigenvalue weighted by Gasteiger charge is 2.06. The molecule has 6 heteroatoms. The van der Waals surface area contributed by atoms with E-state index in [0.717, 1.165) is 49.9 Å². The molecule has 0 unspecified atom stereocenters. The third-order valence-electron chi connectivity index (χ3n) is 4.57. The lowest BCUT2D eigenvalue weighted by Gasteiger charge is -2.15. The predicted octanol–water partition coefficient (Wildman–Crippen LogP) is 3.33. The van der Waals surface area contributed by atoms with E-state index in [1.54, 1.807) is 14.2 Å². The minimum absolute atomic E-state index is 0.532. The highest BCUT2D eigenvalue weighted by molar-refractivity contribution is 5.79. The van der Waals surface area contributed by atoms with Crippen LogP contribution in [0.15, 0.2) is 53.5 Å². The fourth-order valence-corrected chi connectivity index (χ4v) is 2.89. The van der Waals surface area contributed by atoms with Crippen molar-refractivity contribution in [2.75, 3.05) is 47.1 Å². The van der Waals surface area contributed by atoms with Crippen molar-refractivity contribution in [3.05, 3.63) is 65.2 Å². The van der Waals surface area contributed by atoms with E-state index in [4.69, 9.17) is 14.2 Å². The third kappa shape index (κ3) is 9.29. The predicted molar refractivity (Wildman–Crippen MR) is 122 cm³/mol. The molecule has 0 heterocycles. The Balaban J connectivity index is 1.65. The maximum atomic E-state index is 5.85. The van der Waals surface area contributed by atoms with E-state index in [0.29, 0.717) is 19.8 Å². The van der Waals surface area contributed by atoms with Crippen molar-refractivity contribution >= 4 is 5.96 Å². The van der Waals surface area contributed by atoms with E-state index in [-0.39, 0.29) is 0 Å². The molecule has 0 saturated heterocycles. The van der Waals surface area contributed by atoms with Gasteiger partial charge < -0.3 is 24.8 Å². The van der Waals surface area contributed by atoms with Crippen LogP contribution >= 0.6 is 0 Å². The van der Waals surface area contributed by atoms with Gasteiger partial charge in [-0.1, -0.05) is 42.5 Å². The SMILES string of the molecule is CN=C(NCCCOCCc1ccccc1)NCc1ccc(C)cc1OCCOC. The van der Waals surface area contributed by atoms with Crippen molar-refractivity contribution in [1.82, 2.24) is 10.6 Å². The lowest BCUT2D eigenvalue weighted by Crippen LogP contribution is -2.37. The van der Waals surface area contributed by atoms with Crippen LogP contribution in [0.2, 0.25) is 0 Å². The van der Waals surface area contributed by atoms with E-state index in [1.807, 2.05) is 6.07 Å². The quantitative estimate of drug-likeness (QED) is 0.300. The first-order valence-electron chi connectivity index (χ1n) is 10.5. The van der Waals surface area contributed by atoms with Gasteiger partial charge in [0.1, 0.15) is 12.4 Å². The number of nitrogens with one attached hydrogen (secondary N) is 2. The minimum atomic E-state index is 0.532. The average Bonchev–Trinajstić information content (AvgIpc) is 2.77. The second-order valence-corrected chi connectivity index (χ2v) is 7.01. The summed E-state index contributed by atoms with van der Waals surface area (Å²) >= 11 is 0. The van der Waals surface area contributed by atoms with Crippen LogP contribution in [0.3, 0.4) is 0 Å². The van der Waals surface area contributed by atoms with Gasteiger partial charge in [-0.2, -0.15) is 0 Å². The van der Waals surface area contributed by atoms with E-state index in [1.165, 1.54) is 11.1 Å². The second-order valence-electron chi connectivity index (χ2n) is 7.01. The molecule has 0 aliphatic rings. The molecule has 30 heavy (non-hydrogen) atoms. The van der Waals surface area contributed by atoms with Crippen LogP contribution in [0.25, 0.3) is 0 Å². The number of hydrogen-bond donors (Lipinski definition) is 2. The van der Waals surface area contributed by atoms with Crippen LogP contribution in [0.4, 0.5) is 0 Å². The standard InChI is InChI=1S/C24H35N3O3/c1-20-10-11-22(23(18-20)30-17-16-28-3)19-27-24(25-2)26-13-7-14-29-15-12-21-8-5-4-6-9-21/h4-6,8-11,18H,7,12-17,19H2,1-3H3,(H2,25,26,27). The highest BCUT2D eigenvalue weighted by Crippen LogP contribution is 2.20. The number of guanidine groups is 1. The monoisotopic (exact) mass is 413 g/mol. The Bertz CT molecular complexity index is 751. The van der Waals surface area contributed by atoms with Crippen molar-refractivity contribution in [2.45, 2.75) is 26.3 Å². The van der Waals surface area contributed by atoms with Crippen LogP contribution in [0.1, 0.15) is 23.1 Å². The lowest BCUT2D eigenvalue weighted by atomic mass is 10.1. The summed E-state index contributed by atoms with van der Waals surface area (Å²) in [5.41, 5.74) is 3.56. The van der Waals surface area contributed by atoms with Gasteiger partial charge in [0.05, 0.1) is 13.2 Å². The summed E-state index contributed by atoms with van der Waals surface area (Å²) in [5, 5.41) is 6.68. The van der Waals surface area contributed by atoms with Crippen molar-refractivity contribution in [3.63, 3.8) is 0 Å². The summed E-state index contributed by atoms with van der Waals surface area (Å²) in [6.07, 6.45) is 1.87. The molecule has 6 nitrogen and oxygen atoms in total. The third-order valence-corrected chi connectivity index (χ3v) is 4.57. The first-order valence-corrected chi connectivity index (χ1v) is 10.5. The number of hydrogen-bond acceptors (Lipinski definition) is 4. The van der Waals surface area contributed by atoms with Gasteiger partial charge in [-0.25, -0.2) is 0 Å².